The van der Waals surface area contributed by atoms with Crippen LogP contribution < -0.4 is 10.6 Å². The second-order valence-electron chi connectivity index (χ2n) is 15.9. The van der Waals surface area contributed by atoms with Crippen molar-refractivity contribution in [2.24, 2.45) is 0 Å². The van der Waals surface area contributed by atoms with Crippen LogP contribution in [0.3, 0.4) is 0 Å². The largest absolute Gasteiger partial charge is 0.481 e. The smallest absolute Gasteiger partial charge is 0.325 e. The van der Waals surface area contributed by atoms with E-state index in [4.69, 9.17) is 29.5 Å². The van der Waals surface area contributed by atoms with Gasteiger partial charge in [-0.3, -0.25) is 28.3 Å². The Kier molecular flexibility index (Phi) is 51.4. The molecule has 0 spiro atoms. The highest BCUT2D eigenvalue weighted by Gasteiger charge is 2.33. The fourth-order valence-electron chi connectivity index (χ4n) is 6.04. The number of nitrogens with one attached hydrogen (secondary N) is 2. The number of unbranched alkanes of at least 4 members (excludes halogenated alkanes) is 24. The van der Waals surface area contributed by atoms with E-state index < -0.39 is 67.5 Å². The SMILES string of the molecule is CCCCCCCCCNCCCCCCCCC.CCCCCCCCCNCCCCCCCCC.O=C(O)CC(C(=O)O)S(=O)(=O)O.O=C(O)CC(C(=O)O)S(=O)(=O)O. The lowest BCUT2D eigenvalue weighted by atomic mass is 10.1. The van der Waals surface area contributed by atoms with Crippen molar-refractivity contribution in [1.29, 1.82) is 0 Å². The molecule has 16 nitrogen and oxygen atoms in total. The molecule has 62 heavy (non-hydrogen) atoms. The molecule has 2 unspecified atom stereocenters. The van der Waals surface area contributed by atoms with Gasteiger partial charge in [-0.2, -0.15) is 16.8 Å². The third-order valence-corrected chi connectivity index (χ3v) is 12.0. The molecule has 0 aliphatic heterocycles. The van der Waals surface area contributed by atoms with E-state index in [2.05, 4.69) is 38.3 Å². The minimum absolute atomic E-state index is 1.16. The summed E-state index contributed by atoms with van der Waals surface area (Å²) in [6.45, 7) is 14.1. The zero-order chi connectivity index (χ0) is 47.9. The molecule has 0 radical (unpaired) electrons. The van der Waals surface area contributed by atoms with Gasteiger partial charge in [-0.1, -0.05) is 182 Å². The molecule has 0 aliphatic carbocycles. The van der Waals surface area contributed by atoms with Crippen molar-refractivity contribution in [3.8, 4) is 0 Å². The maximum atomic E-state index is 10.2. The van der Waals surface area contributed by atoms with Gasteiger partial charge in [-0.25, -0.2) is 0 Å². The molecule has 18 heteroatoms. The molecule has 0 bridgehead atoms. The fraction of sp³-hybridized carbons (Fsp3) is 0.909. The molecular formula is C44H90N2O14S2. The van der Waals surface area contributed by atoms with Crippen LogP contribution in [-0.2, 0) is 39.4 Å². The fourth-order valence-corrected chi connectivity index (χ4v) is 7.25. The topological polar surface area (TPSA) is 282 Å². The van der Waals surface area contributed by atoms with Crippen molar-refractivity contribution in [3.63, 3.8) is 0 Å². The van der Waals surface area contributed by atoms with Crippen LogP contribution in [0.25, 0.3) is 0 Å². The van der Waals surface area contributed by atoms with E-state index in [0.29, 0.717) is 0 Å². The molecule has 0 amide bonds. The van der Waals surface area contributed by atoms with Gasteiger partial charge in [0.2, 0.25) is 0 Å². The summed E-state index contributed by atoms with van der Waals surface area (Å²) in [5.41, 5.74) is 0. The predicted molar refractivity (Wildman–Crippen MR) is 248 cm³/mol. The summed E-state index contributed by atoms with van der Waals surface area (Å²) in [5.74, 6) is -7.00. The van der Waals surface area contributed by atoms with E-state index in [1.807, 2.05) is 0 Å². The Morgan fingerprint density at radius 2 is 0.532 bits per heavy atom. The highest BCUT2D eigenvalue weighted by atomic mass is 32.2. The van der Waals surface area contributed by atoms with Gasteiger partial charge < -0.3 is 31.1 Å². The van der Waals surface area contributed by atoms with Gasteiger partial charge >= 0.3 is 23.9 Å². The molecule has 0 aromatic rings. The normalized spacial score (nSPS) is 12.1. The maximum absolute atomic E-state index is 10.2. The summed E-state index contributed by atoms with van der Waals surface area (Å²) in [7, 11) is -9.68. The van der Waals surface area contributed by atoms with E-state index >= 15 is 0 Å². The van der Waals surface area contributed by atoms with Crippen LogP contribution in [0.15, 0.2) is 0 Å². The lowest BCUT2D eigenvalue weighted by Crippen LogP contribution is -2.31. The lowest BCUT2D eigenvalue weighted by Gasteiger charge is -2.05. The number of carbonyl (C=O) groups is 4. The molecule has 0 aliphatic rings. The minimum Gasteiger partial charge on any atom is -0.481 e. The number of rotatable bonds is 40. The molecule has 8 N–H and O–H groups in total. The van der Waals surface area contributed by atoms with E-state index in [-0.39, 0.29) is 0 Å². The van der Waals surface area contributed by atoms with E-state index in [1.165, 1.54) is 206 Å². The van der Waals surface area contributed by atoms with Crippen molar-refractivity contribution < 1.29 is 65.5 Å². The van der Waals surface area contributed by atoms with E-state index in [1.54, 1.807) is 0 Å². The second kappa shape index (κ2) is 48.1. The Labute approximate surface area is 376 Å². The number of hydrogen-bond acceptors (Lipinski definition) is 10. The number of aliphatic carboxylic acids is 4. The number of hydrogen-bond donors (Lipinski definition) is 8. The Morgan fingerprint density at radius 1 is 0.355 bits per heavy atom. The molecule has 2 atom stereocenters. The monoisotopic (exact) mass is 935 g/mol. The van der Waals surface area contributed by atoms with Crippen LogP contribution in [0.4, 0.5) is 0 Å². The quantitative estimate of drug-likeness (QED) is 0.0210. The van der Waals surface area contributed by atoms with Crippen LogP contribution in [-0.4, -0.2) is 107 Å². The van der Waals surface area contributed by atoms with Crippen LogP contribution in [0, 0.1) is 0 Å². The maximum Gasteiger partial charge on any atom is 0.325 e. The summed E-state index contributed by atoms with van der Waals surface area (Å²) in [5, 5.41) is 35.0. The minimum atomic E-state index is -4.84. The standard InChI is InChI=1S/2C18H39N.2C4H6O7S/c2*1-3-5-7-9-11-13-15-17-19-18-16-14-12-10-8-6-4-2;2*5-3(6)1-2(4(7)8)12(9,10)11/h2*19H,3-18H2,1-2H3;2*2H,1H2,(H,5,6)(H,7,8)(H,9,10,11). The van der Waals surface area contributed by atoms with Crippen LogP contribution in [0.1, 0.15) is 220 Å². The summed E-state index contributed by atoms with van der Waals surface area (Å²) in [4.78, 5) is 40.0. The van der Waals surface area contributed by atoms with Crippen LogP contribution in [0.5, 0.6) is 0 Å². The molecule has 0 aromatic heterocycles. The third kappa shape index (κ3) is 55.6. The number of carboxylic acid groups (broad SMARTS) is 4. The van der Waals surface area contributed by atoms with Gasteiger partial charge in [0.1, 0.15) is 0 Å². The lowest BCUT2D eigenvalue weighted by molar-refractivity contribution is -0.143. The first kappa shape index (κ1) is 66.2. The van der Waals surface area contributed by atoms with Crippen molar-refractivity contribution >= 4 is 44.1 Å². The Morgan fingerprint density at radius 3 is 0.661 bits per heavy atom. The average Bonchev–Trinajstić information content (AvgIpc) is 3.18. The Hall–Kier alpha value is -2.38. The van der Waals surface area contributed by atoms with Gasteiger partial charge in [-0.05, 0) is 51.9 Å². The first-order chi connectivity index (χ1) is 29.3. The highest BCUT2D eigenvalue weighted by Crippen LogP contribution is 2.10. The second-order valence-corrected chi connectivity index (χ2v) is 19.1. The summed E-state index contributed by atoms with van der Waals surface area (Å²) < 4.78 is 57.3. The molecular weight excluding hydrogens is 845 g/mol. The van der Waals surface area contributed by atoms with Crippen molar-refractivity contribution in [2.45, 2.75) is 231 Å². The Balaban J connectivity index is -0.000000370. The van der Waals surface area contributed by atoms with Gasteiger partial charge in [0, 0.05) is 0 Å². The molecule has 0 saturated carbocycles. The first-order valence-electron chi connectivity index (χ1n) is 23.6. The van der Waals surface area contributed by atoms with E-state index in [0.717, 1.165) is 0 Å². The third-order valence-electron chi connectivity index (χ3n) is 9.82. The Bertz CT molecular complexity index is 1140. The molecule has 0 heterocycles. The van der Waals surface area contributed by atoms with Crippen molar-refractivity contribution in [2.75, 3.05) is 26.2 Å². The van der Waals surface area contributed by atoms with Crippen molar-refractivity contribution in [3.05, 3.63) is 0 Å². The van der Waals surface area contributed by atoms with Crippen LogP contribution >= 0.6 is 0 Å². The number of carboxylic acids is 4. The molecule has 372 valence electrons. The van der Waals surface area contributed by atoms with Gasteiger partial charge in [0.05, 0.1) is 12.8 Å². The molecule has 0 aromatic carbocycles. The molecule has 0 rings (SSSR count). The molecule has 0 saturated heterocycles. The van der Waals surface area contributed by atoms with Crippen molar-refractivity contribution in [1.82, 2.24) is 10.6 Å². The summed E-state index contributed by atoms with van der Waals surface area (Å²) in [6.07, 6.45) is 37.4. The average molecular weight is 935 g/mol. The summed E-state index contributed by atoms with van der Waals surface area (Å²) >= 11 is 0. The first-order valence-corrected chi connectivity index (χ1v) is 26.6. The highest BCUT2D eigenvalue weighted by molar-refractivity contribution is 7.87. The molecule has 0 fully saturated rings. The van der Waals surface area contributed by atoms with Gasteiger partial charge in [0.25, 0.3) is 20.2 Å². The summed E-state index contributed by atoms with van der Waals surface area (Å²) in [6, 6.07) is 0. The van der Waals surface area contributed by atoms with Crippen LogP contribution in [0.2, 0.25) is 0 Å². The zero-order valence-corrected chi connectivity index (χ0v) is 40.6. The van der Waals surface area contributed by atoms with Gasteiger partial charge in [0.15, 0.2) is 10.5 Å². The predicted octanol–water partition coefficient (Wildman–Crippen LogP) is 9.76. The van der Waals surface area contributed by atoms with Gasteiger partial charge in [-0.15, -0.1) is 0 Å². The van der Waals surface area contributed by atoms with E-state index in [9.17, 15) is 36.0 Å². The zero-order valence-electron chi connectivity index (χ0n) is 39.0.